The molecule has 0 aliphatic rings. The molecule has 1 atom stereocenters. The minimum atomic E-state index is -4.33. The average molecular weight is 315 g/mol. The average Bonchev–Trinajstić information content (AvgIpc) is 2.70. The van der Waals surface area contributed by atoms with Crippen LogP contribution in [-0.2, 0) is 4.74 Å². The highest BCUT2D eigenvalue weighted by Crippen LogP contribution is 2.27. The van der Waals surface area contributed by atoms with E-state index in [1.54, 1.807) is 4.68 Å². The third-order valence-corrected chi connectivity index (χ3v) is 2.92. The Morgan fingerprint density at radius 3 is 2.65 bits per heavy atom. The topological polar surface area (TPSA) is 65.1 Å². The number of ether oxygens (including phenoxy) is 1. The lowest BCUT2D eigenvalue weighted by Gasteiger charge is -2.20. The van der Waals surface area contributed by atoms with Crippen molar-refractivity contribution >= 4 is 11.6 Å². The van der Waals surface area contributed by atoms with Crippen LogP contribution >= 0.6 is 11.6 Å². The fraction of sp³-hybridized carbons (Fsp3) is 0.727. The number of nitrogens with one attached hydrogen (secondary N) is 1. The van der Waals surface area contributed by atoms with Crippen LogP contribution in [0.2, 0.25) is 5.02 Å². The molecular weight excluding hydrogens is 297 g/mol. The van der Waals surface area contributed by atoms with Crippen molar-refractivity contribution < 1.29 is 17.9 Å². The summed E-state index contributed by atoms with van der Waals surface area (Å²) in [6.45, 7) is 2.47. The summed E-state index contributed by atoms with van der Waals surface area (Å²) in [6, 6.07) is -0.370. The zero-order valence-electron chi connectivity index (χ0n) is 11.2. The molecule has 3 N–H and O–H groups in total. The summed E-state index contributed by atoms with van der Waals surface area (Å²) in [5, 5.41) is 4.53. The van der Waals surface area contributed by atoms with Gasteiger partial charge in [0.2, 0.25) is 0 Å². The largest absolute Gasteiger partial charge is 0.411 e. The van der Waals surface area contributed by atoms with Crippen molar-refractivity contribution in [3.05, 3.63) is 16.9 Å². The second-order valence-corrected chi connectivity index (χ2v) is 5.00. The van der Waals surface area contributed by atoms with E-state index in [0.717, 1.165) is 0 Å². The van der Waals surface area contributed by atoms with Gasteiger partial charge in [0, 0.05) is 12.6 Å². The second kappa shape index (κ2) is 7.26. The number of hydrogen-bond acceptors (Lipinski definition) is 4. The number of nitrogens with zero attached hydrogens (tertiary/aromatic N) is 2. The molecule has 0 radical (unpaired) electrons. The van der Waals surface area contributed by atoms with E-state index in [-0.39, 0.29) is 19.1 Å². The van der Waals surface area contributed by atoms with Crippen LogP contribution in [0, 0.1) is 0 Å². The summed E-state index contributed by atoms with van der Waals surface area (Å²) in [7, 11) is 0. The van der Waals surface area contributed by atoms with E-state index in [2.05, 4.69) is 15.3 Å². The van der Waals surface area contributed by atoms with Crippen LogP contribution in [0.15, 0.2) is 6.20 Å². The highest BCUT2D eigenvalue weighted by Gasteiger charge is 2.28. The number of rotatable bonds is 7. The van der Waals surface area contributed by atoms with Crippen molar-refractivity contribution in [1.29, 1.82) is 0 Å². The van der Waals surface area contributed by atoms with Crippen molar-refractivity contribution in [2.24, 2.45) is 5.84 Å². The van der Waals surface area contributed by atoms with E-state index in [4.69, 9.17) is 17.4 Å². The van der Waals surface area contributed by atoms with Crippen LogP contribution in [0.5, 0.6) is 0 Å². The van der Waals surface area contributed by atoms with Gasteiger partial charge in [0.15, 0.2) is 0 Å². The van der Waals surface area contributed by atoms with Crippen molar-refractivity contribution in [2.75, 3.05) is 13.2 Å². The molecule has 0 fully saturated rings. The maximum atomic E-state index is 12.0. The van der Waals surface area contributed by atoms with Gasteiger partial charge in [-0.25, -0.2) is 0 Å². The van der Waals surface area contributed by atoms with E-state index in [1.165, 1.54) is 6.20 Å². The number of hydrazine groups is 1. The van der Waals surface area contributed by atoms with Crippen molar-refractivity contribution in [2.45, 2.75) is 38.5 Å². The summed E-state index contributed by atoms with van der Waals surface area (Å²) < 4.78 is 42.2. The van der Waals surface area contributed by atoms with Gasteiger partial charge in [0.1, 0.15) is 6.61 Å². The Balaban J connectivity index is 2.65. The summed E-state index contributed by atoms with van der Waals surface area (Å²) in [5.74, 6) is 5.44. The first-order valence-electron chi connectivity index (χ1n) is 6.09. The first kappa shape index (κ1) is 17.2. The Labute approximate surface area is 120 Å². The van der Waals surface area contributed by atoms with Crippen LogP contribution in [0.3, 0.4) is 0 Å². The van der Waals surface area contributed by atoms with Gasteiger partial charge in [-0.3, -0.25) is 16.0 Å². The van der Waals surface area contributed by atoms with Gasteiger partial charge in [-0.05, 0) is 20.3 Å². The van der Waals surface area contributed by atoms with Crippen molar-refractivity contribution in [3.8, 4) is 0 Å². The molecule has 0 aromatic carbocycles. The lowest BCUT2D eigenvalue weighted by molar-refractivity contribution is -0.174. The monoisotopic (exact) mass is 314 g/mol. The molecule has 0 saturated carbocycles. The zero-order valence-corrected chi connectivity index (χ0v) is 12.0. The van der Waals surface area contributed by atoms with E-state index < -0.39 is 18.8 Å². The molecule has 0 bridgehead atoms. The van der Waals surface area contributed by atoms with Gasteiger partial charge in [-0.15, -0.1) is 0 Å². The molecular formula is C11H18ClF3N4O. The highest BCUT2D eigenvalue weighted by molar-refractivity contribution is 6.31. The number of hydrogen-bond donors (Lipinski definition) is 2. The molecule has 1 aromatic heterocycles. The van der Waals surface area contributed by atoms with Gasteiger partial charge < -0.3 is 4.74 Å². The van der Waals surface area contributed by atoms with Crippen LogP contribution in [0.25, 0.3) is 0 Å². The molecule has 20 heavy (non-hydrogen) atoms. The standard InChI is InChI=1S/C11H18ClF3N4O/c1-7(2)19-10(8(12)5-17-19)9(18-16)3-4-20-6-11(13,14)15/h5,7,9,18H,3-4,6,16H2,1-2H3. The quantitative estimate of drug-likeness (QED) is 0.461. The zero-order chi connectivity index (χ0) is 15.3. The molecule has 9 heteroatoms. The lowest BCUT2D eigenvalue weighted by Crippen LogP contribution is -2.31. The minimum Gasteiger partial charge on any atom is -0.372 e. The van der Waals surface area contributed by atoms with Gasteiger partial charge >= 0.3 is 6.18 Å². The molecule has 0 spiro atoms. The van der Waals surface area contributed by atoms with Crippen molar-refractivity contribution in [1.82, 2.24) is 15.2 Å². The molecule has 1 unspecified atom stereocenters. The number of aromatic nitrogens is 2. The highest BCUT2D eigenvalue weighted by atomic mass is 35.5. The molecule has 5 nitrogen and oxygen atoms in total. The van der Waals surface area contributed by atoms with Gasteiger partial charge in [0.25, 0.3) is 0 Å². The number of nitrogens with two attached hydrogens (primary N) is 1. The molecule has 0 amide bonds. The third-order valence-electron chi connectivity index (χ3n) is 2.62. The molecule has 0 aliphatic heterocycles. The van der Waals surface area contributed by atoms with Crippen LogP contribution < -0.4 is 11.3 Å². The lowest BCUT2D eigenvalue weighted by atomic mass is 10.1. The fourth-order valence-corrected chi connectivity index (χ4v) is 2.04. The van der Waals surface area contributed by atoms with E-state index in [1.807, 2.05) is 13.8 Å². The SMILES string of the molecule is CC(C)n1ncc(Cl)c1C(CCOCC(F)(F)F)NN. The Kier molecular flexibility index (Phi) is 6.25. The minimum absolute atomic E-state index is 0.0597. The molecule has 1 rings (SSSR count). The molecule has 1 heterocycles. The van der Waals surface area contributed by atoms with E-state index in [0.29, 0.717) is 10.7 Å². The van der Waals surface area contributed by atoms with E-state index >= 15 is 0 Å². The summed E-state index contributed by atoms with van der Waals surface area (Å²) in [5.41, 5.74) is 3.17. The van der Waals surface area contributed by atoms with E-state index in [9.17, 15) is 13.2 Å². The second-order valence-electron chi connectivity index (χ2n) is 4.59. The Morgan fingerprint density at radius 1 is 1.50 bits per heavy atom. The third kappa shape index (κ3) is 4.93. The predicted octanol–water partition coefficient (Wildman–Crippen LogP) is 2.59. The van der Waals surface area contributed by atoms with Gasteiger partial charge in [-0.1, -0.05) is 11.6 Å². The van der Waals surface area contributed by atoms with Crippen molar-refractivity contribution in [3.63, 3.8) is 0 Å². The van der Waals surface area contributed by atoms with Crippen LogP contribution in [0.4, 0.5) is 13.2 Å². The Morgan fingerprint density at radius 2 is 2.15 bits per heavy atom. The molecule has 0 aliphatic carbocycles. The van der Waals surface area contributed by atoms with Gasteiger partial charge in [-0.2, -0.15) is 18.3 Å². The fourth-order valence-electron chi connectivity index (χ4n) is 1.78. The Hall–Kier alpha value is -0.830. The summed E-state index contributed by atoms with van der Waals surface area (Å²) >= 11 is 6.05. The smallest absolute Gasteiger partial charge is 0.372 e. The van der Waals surface area contributed by atoms with Crippen LogP contribution in [-0.4, -0.2) is 29.2 Å². The summed E-state index contributed by atoms with van der Waals surface area (Å²) in [4.78, 5) is 0. The summed E-state index contributed by atoms with van der Waals surface area (Å²) in [6.07, 6.45) is -2.59. The predicted molar refractivity (Wildman–Crippen MR) is 69.2 cm³/mol. The van der Waals surface area contributed by atoms with Gasteiger partial charge in [0.05, 0.1) is 23.0 Å². The maximum absolute atomic E-state index is 12.0. The Bertz CT molecular complexity index is 422. The molecule has 1 aromatic rings. The number of halogens is 4. The first-order chi connectivity index (χ1) is 9.26. The first-order valence-corrected chi connectivity index (χ1v) is 6.47. The number of alkyl halides is 3. The maximum Gasteiger partial charge on any atom is 0.411 e. The molecule has 0 saturated heterocycles. The normalized spacial score (nSPS) is 14.0. The van der Waals surface area contributed by atoms with Crippen LogP contribution in [0.1, 0.15) is 38.0 Å². The molecule has 116 valence electrons.